The average Bonchev–Trinajstić information content (AvgIpc) is 2.76. The number of carbonyl (C=O) groups is 1. The zero-order valence-electron chi connectivity index (χ0n) is 18.1. The van der Waals surface area contributed by atoms with Gasteiger partial charge in [0.15, 0.2) is 11.5 Å². The number of benzene rings is 2. The fourth-order valence-electron chi connectivity index (χ4n) is 2.76. The Morgan fingerprint density at radius 3 is 2.40 bits per heavy atom. The Morgan fingerprint density at radius 1 is 0.933 bits per heavy atom. The lowest BCUT2D eigenvalue weighted by Gasteiger charge is -2.13. The smallest absolute Gasteiger partial charge is 0.319 e. The van der Waals surface area contributed by atoms with Crippen molar-refractivity contribution in [2.75, 3.05) is 44.0 Å². The summed E-state index contributed by atoms with van der Waals surface area (Å²) >= 11 is 0. The third-order valence-corrected chi connectivity index (χ3v) is 4.35. The summed E-state index contributed by atoms with van der Waals surface area (Å²) in [5, 5.41) is 8.95. The van der Waals surface area contributed by atoms with Gasteiger partial charge in [-0.3, -0.25) is 0 Å². The van der Waals surface area contributed by atoms with Gasteiger partial charge in [-0.15, -0.1) is 0 Å². The van der Waals surface area contributed by atoms with Gasteiger partial charge in [0.25, 0.3) is 0 Å². The standard InChI is InChI=1S/C23H33N3O4/c1-4-6-7-14-25-23(27)26-19-10-13-21(22(17-19)28-3)30-20-11-8-18(9-12-20)24-15-16-29-5-2/h8-13,17,24H,4-7,14-16H2,1-3H3,(H2,25,26,27). The van der Waals surface area contributed by atoms with Crippen molar-refractivity contribution in [1.82, 2.24) is 5.32 Å². The fourth-order valence-corrected chi connectivity index (χ4v) is 2.76. The lowest BCUT2D eigenvalue weighted by molar-refractivity contribution is 0.158. The Morgan fingerprint density at radius 2 is 1.70 bits per heavy atom. The summed E-state index contributed by atoms with van der Waals surface area (Å²) in [7, 11) is 1.57. The van der Waals surface area contributed by atoms with Crippen LogP contribution in [0.25, 0.3) is 0 Å². The van der Waals surface area contributed by atoms with Gasteiger partial charge in [0.2, 0.25) is 0 Å². The number of amides is 2. The molecule has 7 nitrogen and oxygen atoms in total. The highest BCUT2D eigenvalue weighted by molar-refractivity contribution is 5.89. The number of unbranched alkanes of at least 4 members (excludes halogenated alkanes) is 2. The Balaban J connectivity index is 1.90. The van der Waals surface area contributed by atoms with Crippen molar-refractivity contribution >= 4 is 17.4 Å². The highest BCUT2D eigenvalue weighted by atomic mass is 16.5. The van der Waals surface area contributed by atoms with Gasteiger partial charge in [-0.1, -0.05) is 19.8 Å². The molecule has 0 spiro atoms. The van der Waals surface area contributed by atoms with Gasteiger partial charge < -0.3 is 30.2 Å². The number of methoxy groups -OCH3 is 1. The molecule has 0 bridgehead atoms. The Kier molecular flexibility index (Phi) is 10.4. The van der Waals surface area contributed by atoms with E-state index in [0.717, 1.165) is 31.5 Å². The van der Waals surface area contributed by atoms with Crippen molar-refractivity contribution in [1.29, 1.82) is 0 Å². The molecule has 0 unspecified atom stereocenters. The number of urea groups is 1. The minimum atomic E-state index is -0.228. The molecule has 2 rings (SSSR count). The van der Waals surface area contributed by atoms with E-state index in [1.165, 1.54) is 0 Å². The van der Waals surface area contributed by atoms with Crippen LogP contribution in [0, 0.1) is 0 Å². The van der Waals surface area contributed by atoms with Gasteiger partial charge in [-0.25, -0.2) is 4.79 Å². The summed E-state index contributed by atoms with van der Waals surface area (Å²) in [6.45, 7) is 6.91. The van der Waals surface area contributed by atoms with Crippen molar-refractivity contribution < 1.29 is 19.0 Å². The van der Waals surface area contributed by atoms with E-state index in [-0.39, 0.29) is 6.03 Å². The molecule has 164 valence electrons. The molecule has 0 heterocycles. The zero-order chi connectivity index (χ0) is 21.6. The third kappa shape index (κ3) is 8.21. The molecule has 0 radical (unpaired) electrons. The van der Waals surface area contributed by atoms with Crippen LogP contribution in [0.4, 0.5) is 16.2 Å². The summed E-state index contributed by atoms with van der Waals surface area (Å²) in [6.07, 6.45) is 3.19. The Labute approximate surface area is 179 Å². The summed E-state index contributed by atoms with van der Waals surface area (Å²) in [4.78, 5) is 12.0. The van der Waals surface area contributed by atoms with Gasteiger partial charge in [0, 0.05) is 37.1 Å². The predicted molar refractivity (Wildman–Crippen MR) is 121 cm³/mol. The quantitative estimate of drug-likeness (QED) is 0.390. The van der Waals surface area contributed by atoms with Crippen molar-refractivity contribution in [3.63, 3.8) is 0 Å². The lowest BCUT2D eigenvalue weighted by Crippen LogP contribution is -2.29. The van der Waals surface area contributed by atoms with Crippen LogP contribution >= 0.6 is 0 Å². The molecule has 0 aromatic heterocycles. The second-order valence-corrected chi connectivity index (χ2v) is 6.70. The summed E-state index contributed by atoms with van der Waals surface area (Å²) < 4.78 is 16.7. The maximum atomic E-state index is 12.0. The monoisotopic (exact) mass is 415 g/mol. The number of carbonyl (C=O) groups excluding carboxylic acids is 1. The minimum absolute atomic E-state index is 0.228. The van der Waals surface area contributed by atoms with E-state index in [9.17, 15) is 4.79 Å². The topological polar surface area (TPSA) is 80.9 Å². The van der Waals surface area contributed by atoms with Gasteiger partial charge in [0.05, 0.1) is 13.7 Å². The number of ether oxygens (including phenoxy) is 3. The van der Waals surface area contributed by atoms with Crippen molar-refractivity contribution in [3.05, 3.63) is 42.5 Å². The first kappa shape index (κ1) is 23.3. The van der Waals surface area contributed by atoms with E-state index < -0.39 is 0 Å². The van der Waals surface area contributed by atoms with E-state index in [0.29, 0.717) is 42.7 Å². The molecule has 2 amide bonds. The van der Waals surface area contributed by atoms with Crippen LogP contribution in [0.3, 0.4) is 0 Å². The molecule has 3 N–H and O–H groups in total. The molecule has 30 heavy (non-hydrogen) atoms. The first-order valence-corrected chi connectivity index (χ1v) is 10.5. The first-order valence-electron chi connectivity index (χ1n) is 10.5. The average molecular weight is 416 g/mol. The highest BCUT2D eigenvalue weighted by Gasteiger charge is 2.09. The number of hydrogen-bond donors (Lipinski definition) is 3. The van der Waals surface area contributed by atoms with E-state index >= 15 is 0 Å². The van der Waals surface area contributed by atoms with E-state index in [1.807, 2.05) is 31.2 Å². The molecule has 0 fully saturated rings. The number of anilines is 2. The molecule has 0 saturated carbocycles. The van der Waals surface area contributed by atoms with Gasteiger partial charge in [-0.2, -0.15) is 0 Å². The van der Waals surface area contributed by atoms with Crippen LogP contribution < -0.4 is 25.4 Å². The van der Waals surface area contributed by atoms with Crippen molar-refractivity contribution in [2.45, 2.75) is 33.1 Å². The van der Waals surface area contributed by atoms with Crippen LogP contribution in [0.2, 0.25) is 0 Å². The molecular weight excluding hydrogens is 382 g/mol. The molecule has 0 atom stereocenters. The molecular formula is C23H33N3O4. The molecule has 0 aliphatic carbocycles. The maximum Gasteiger partial charge on any atom is 0.319 e. The van der Waals surface area contributed by atoms with Crippen LogP contribution in [-0.4, -0.2) is 39.4 Å². The Bertz CT molecular complexity index is 766. The van der Waals surface area contributed by atoms with Crippen LogP contribution in [0.1, 0.15) is 33.1 Å². The summed E-state index contributed by atoms with van der Waals surface area (Å²) in [5.74, 6) is 1.80. The summed E-state index contributed by atoms with van der Waals surface area (Å²) in [5.41, 5.74) is 1.64. The second-order valence-electron chi connectivity index (χ2n) is 6.70. The third-order valence-electron chi connectivity index (χ3n) is 4.35. The van der Waals surface area contributed by atoms with Crippen molar-refractivity contribution in [3.8, 4) is 17.2 Å². The molecule has 7 heteroatoms. The normalized spacial score (nSPS) is 10.4. The SMILES string of the molecule is CCCCCNC(=O)Nc1ccc(Oc2ccc(NCCOCC)cc2)c(OC)c1. The van der Waals surface area contributed by atoms with Crippen LogP contribution in [-0.2, 0) is 4.74 Å². The van der Waals surface area contributed by atoms with Crippen LogP contribution in [0.15, 0.2) is 42.5 Å². The van der Waals surface area contributed by atoms with E-state index in [1.54, 1.807) is 25.3 Å². The fraction of sp³-hybridized carbons (Fsp3) is 0.435. The van der Waals surface area contributed by atoms with Gasteiger partial charge in [0.1, 0.15) is 5.75 Å². The number of rotatable bonds is 13. The predicted octanol–water partition coefficient (Wildman–Crippen LogP) is 5.25. The van der Waals surface area contributed by atoms with Gasteiger partial charge in [-0.05, 0) is 49.7 Å². The molecule has 2 aromatic carbocycles. The lowest BCUT2D eigenvalue weighted by atomic mass is 10.2. The molecule has 0 aliphatic rings. The molecule has 0 aliphatic heterocycles. The van der Waals surface area contributed by atoms with Crippen LogP contribution in [0.5, 0.6) is 17.2 Å². The summed E-state index contributed by atoms with van der Waals surface area (Å²) in [6, 6.07) is 12.8. The Hall–Kier alpha value is -2.93. The number of nitrogens with one attached hydrogen (secondary N) is 3. The second kappa shape index (κ2) is 13.3. The number of hydrogen-bond acceptors (Lipinski definition) is 5. The maximum absolute atomic E-state index is 12.0. The molecule has 2 aromatic rings. The van der Waals surface area contributed by atoms with E-state index in [2.05, 4.69) is 22.9 Å². The largest absolute Gasteiger partial charge is 0.493 e. The van der Waals surface area contributed by atoms with Crippen molar-refractivity contribution in [2.24, 2.45) is 0 Å². The highest BCUT2D eigenvalue weighted by Crippen LogP contribution is 2.34. The minimum Gasteiger partial charge on any atom is -0.493 e. The van der Waals surface area contributed by atoms with E-state index in [4.69, 9.17) is 14.2 Å². The first-order chi connectivity index (χ1) is 14.7. The zero-order valence-corrected chi connectivity index (χ0v) is 18.1. The van der Waals surface area contributed by atoms with Gasteiger partial charge >= 0.3 is 6.03 Å². The molecule has 0 saturated heterocycles.